The van der Waals surface area contributed by atoms with Crippen LogP contribution in [0.2, 0.25) is 0 Å². The lowest BCUT2D eigenvalue weighted by atomic mass is 10.2. The molecule has 1 heterocycles. The molecule has 1 saturated heterocycles. The van der Waals surface area contributed by atoms with Gasteiger partial charge in [0.15, 0.2) is 9.84 Å². The Balaban J connectivity index is 2.66. The van der Waals surface area contributed by atoms with Crippen molar-refractivity contribution in [3.05, 3.63) is 0 Å². The number of amides is 1. The average molecular weight is 263 g/mol. The summed E-state index contributed by atoms with van der Waals surface area (Å²) in [5.74, 6) is 0.332. The van der Waals surface area contributed by atoms with Crippen LogP contribution in [0.5, 0.6) is 0 Å². The Bertz CT molecular complexity index is 352. The van der Waals surface area contributed by atoms with Crippen molar-refractivity contribution in [3.63, 3.8) is 0 Å². The van der Waals surface area contributed by atoms with Crippen molar-refractivity contribution in [3.8, 4) is 0 Å². The first-order valence-electron chi connectivity index (χ1n) is 5.99. The van der Waals surface area contributed by atoms with Gasteiger partial charge in [-0.2, -0.15) is 0 Å². The van der Waals surface area contributed by atoms with Crippen LogP contribution in [0.25, 0.3) is 0 Å². The van der Waals surface area contributed by atoms with Crippen molar-refractivity contribution in [2.24, 2.45) is 0 Å². The third-order valence-corrected chi connectivity index (χ3v) is 4.72. The third kappa shape index (κ3) is 4.27. The molecular weight excluding hydrogens is 242 g/mol. The van der Waals surface area contributed by atoms with Crippen LogP contribution in [0.15, 0.2) is 0 Å². The quantitative estimate of drug-likeness (QED) is 0.698. The topological polar surface area (TPSA) is 63.7 Å². The molecule has 1 unspecified atom stereocenters. The molecule has 0 aliphatic carbocycles. The molecule has 0 aromatic heterocycles. The normalized spacial score (nSPS) is 22.6. The van der Waals surface area contributed by atoms with Crippen molar-refractivity contribution in [2.75, 3.05) is 31.8 Å². The highest BCUT2D eigenvalue weighted by Crippen LogP contribution is 2.18. The van der Waals surface area contributed by atoms with Crippen LogP contribution in [0.1, 0.15) is 26.2 Å². The lowest BCUT2D eigenvalue weighted by molar-refractivity contribution is -0.133. The lowest BCUT2D eigenvalue weighted by Crippen LogP contribution is -2.42. The summed E-state index contributed by atoms with van der Waals surface area (Å²) in [6.07, 6.45) is 1.81. The molecule has 0 saturated carbocycles. The molecule has 6 heteroatoms. The maximum atomic E-state index is 11.9. The molecule has 0 bridgehead atoms. The molecule has 100 valence electrons. The minimum absolute atomic E-state index is 0.0339. The van der Waals surface area contributed by atoms with E-state index >= 15 is 0 Å². The van der Waals surface area contributed by atoms with E-state index in [1.54, 1.807) is 12.0 Å². The molecular formula is C11H21NO4S. The van der Waals surface area contributed by atoms with Crippen molar-refractivity contribution in [1.29, 1.82) is 0 Å². The van der Waals surface area contributed by atoms with E-state index in [2.05, 4.69) is 0 Å². The van der Waals surface area contributed by atoms with E-state index in [4.69, 9.17) is 4.74 Å². The Labute approximate surface area is 103 Å². The first kappa shape index (κ1) is 14.4. The van der Waals surface area contributed by atoms with E-state index in [-0.39, 0.29) is 23.5 Å². The number of methoxy groups -OCH3 is 1. The van der Waals surface area contributed by atoms with Gasteiger partial charge in [0.25, 0.3) is 0 Å². The van der Waals surface area contributed by atoms with Crippen LogP contribution in [-0.2, 0) is 19.4 Å². The Morgan fingerprint density at radius 2 is 2.18 bits per heavy atom. The molecule has 0 N–H and O–H groups in total. The van der Waals surface area contributed by atoms with Gasteiger partial charge in [-0.25, -0.2) is 8.42 Å². The van der Waals surface area contributed by atoms with E-state index < -0.39 is 9.84 Å². The SMILES string of the molecule is CCCC(=O)N(CCOC)C1CCS(=O)(=O)C1. The summed E-state index contributed by atoms with van der Waals surface area (Å²) in [7, 11) is -1.37. The highest BCUT2D eigenvalue weighted by atomic mass is 32.2. The van der Waals surface area contributed by atoms with Gasteiger partial charge in [0.1, 0.15) is 0 Å². The Morgan fingerprint density at radius 3 is 2.65 bits per heavy atom. The van der Waals surface area contributed by atoms with Gasteiger partial charge in [-0.3, -0.25) is 4.79 Å². The number of hydrogen-bond acceptors (Lipinski definition) is 4. The van der Waals surface area contributed by atoms with Gasteiger partial charge < -0.3 is 9.64 Å². The molecule has 1 aliphatic heterocycles. The second-order valence-corrected chi connectivity index (χ2v) is 6.62. The van der Waals surface area contributed by atoms with Gasteiger partial charge in [-0.15, -0.1) is 0 Å². The molecule has 0 spiro atoms. The van der Waals surface area contributed by atoms with E-state index in [0.717, 1.165) is 6.42 Å². The average Bonchev–Trinajstić information content (AvgIpc) is 2.60. The molecule has 5 nitrogen and oxygen atoms in total. The fraction of sp³-hybridized carbons (Fsp3) is 0.909. The second kappa shape index (κ2) is 6.35. The first-order chi connectivity index (χ1) is 8.00. The summed E-state index contributed by atoms with van der Waals surface area (Å²) in [6, 6.07) is -0.158. The number of carbonyl (C=O) groups is 1. The van der Waals surface area contributed by atoms with Gasteiger partial charge in [-0.05, 0) is 12.8 Å². The van der Waals surface area contributed by atoms with Crippen molar-refractivity contribution in [2.45, 2.75) is 32.2 Å². The van der Waals surface area contributed by atoms with Gasteiger partial charge in [0.05, 0.1) is 18.1 Å². The molecule has 0 radical (unpaired) electrons. The van der Waals surface area contributed by atoms with Gasteiger partial charge in [0, 0.05) is 26.1 Å². The predicted octanol–water partition coefficient (Wildman–Crippen LogP) is 0.449. The standard InChI is InChI=1S/C11H21NO4S/c1-3-4-11(13)12(6-7-16-2)10-5-8-17(14,15)9-10/h10H,3-9H2,1-2H3. The fourth-order valence-corrected chi connectivity index (χ4v) is 3.81. The summed E-state index contributed by atoms with van der Waals surface area (Å²) in [6.45, 7) is 2.87. The molecule has 1 rings (SSSR count). The maximum Gasteiger partial charge on any atom is 0.222 e. The van der Waals surface area contributed by atoms with Crippen LogP contribution in [-0.4, -0.2) is 57.0 Å². The Morgan fingerprint density at radius 1 is 1.47 bits per heavy atom. The van der Waals surface area contributed by atoms with Gasteiger partial charge >= 0.3 is 0 Å². The molecule has 17 heavy (non-hydrogen) atoms. The van der Waals surface area contributed by atoms with Crippen LogP contribution in [0, 0.1) is 0 Å². The van der Waals surface area contributed by atoms with Crippen LogP contribution in [0.3, 0.4) is 0 Å². The second-order valence-electron chi connectivity index (χ2n) is 4.39. The zero-order valence-electron chi connectivity index (χ0n) is 10.5. The van der Waals surface area contributed by atoms with Crippen molar-refractivity contribution < 1.29 is 17.9 Å². The smallest absolute Gasteiger partial charge is 0.222 e. The summed E-state index contributed by atoms with van der Waals surface area (Å²) >= 11 is 0. The lowest BCUT2D eigenvalue weighted by Gasteiger charge is -2.28. The van der Waals surface area contributed by atoms with E-state index in [0.29, 0.717) is 26.0 Å². The fourth-order valence-electron chi connectivity index (χ4n) is 2.08. The maximum absolute atomic E-state index is 11.9. The van der Waals surface area contributed by atoms with Crippen LogP contribution >= 0.6 is 0 Å². The molecule has 0 aromatic rings. The van der Waals surface area contributed by atoms with E-state index in [1.165, 1.54) is 0 Å². The first-order valence-corrected chi connectivity index (χ1v) is 7.81. The summed E-state index contributed by atoms with van der Waals surface area (Å²) in [5.41, 5.74) is 0. The number of nitrogens with zero attached hydrogens (tertiary/aromatic N) is 1. The third-order valence-electron chi connectivity index (χ3n) is 2.97. The minimum atomic E-state index is -2.95. The van der Waals surface area contributed by atoms with Crippen molar-refractivity contribution in [1.82, 2.24) is 4.90 Å². The Hall–Kier alpha value is -0.620. The molecule has 1 aliphatic rings. The summed E-state index contributed by atoms with van der Waals surface area (Å²) < 4.78 is 27.8. The number of sulfone groups is 1. The molecule has 0 aromatic carbocycles. The highest BCUT2D eigenvalue weighted by Gasteiger charge is 2.33. The number of ether oxygens (including phenoxy) is 1. The predicted molar refractivity (Wildman–Crippen MR) is 65.6 cm³/mol. The van der Waals surface area contributed by atoms with Crippen LogP contribution in [0.4, 0.5) is 0 Å². The largest absolute Gasteiger partial charge is 0.383 e. The van der Waals surface area contributed by atoms with Gasteiger partial charge in [0.2, 0.25) is 5.91 Å². The number of carbonyl (C=O) groups excluding carboxylic acids is 1. The molecule has 1 atom stereocenters. The summed E-state index contributed by atoms with van der Waals surface area (Å²) in [5, 5.41) is 0. The molecule has 1 amide bonds. The summed E-state index contributed by atoms with van der Waals surface area (Å²) in [4.78, 5) is 13.6. The highest BCUT2D eigenvalue weighted by molar-refractivity contribution is 7.91. The van der Waals surface area contributed by atoms with E-state index in [9.17, 15) is 13.2 Å². The van der Waals surface area contributed by atoms with Crippen LogP contribution < -0.4 is 0 Å². The zero-order valence-corrected chi connectivity index (χ0v) is 11.3. The zero-order chi connectivity index (χ0) is 12.9. The number of rotatable bonds is 6. The monoisotopic (exact) mass is 263 g/mol. The van der Waals surface area contributed by atoms with Gasteiger partial charge in [-0.1, -0.05) is 6.92 Å². The van der Waals surface area contributed by atoms with E-state index in [1.807, 2.05) is 6.92 Å². The molecule has 1 fully saturated rings. The van der Waals surface area contributed by atoms with Crippen molar-refractivity contribution >= 4 is 15.7 Å². The number of hydrogen-bond donors (Lipinski definition) is 0. The Kier molecular flexibility index (Phi) is 5.39. The minimum Gasteiger partial charge on any atom is -0.383 e.